The first-order valence-electron chi connectivity index (χ1n) is 5.80. The molecule has 0 bridgehead atoms. The molecule has 0 aromatic heterocycles. The van der Waals surface area contributed by atoms with Crippen LogP contribution < -0.4 is 0 Å². The van der Waals surface area contributed by atoms with E-state index >= 15 is 0 Å². The maximum Gasteiger partial charge on any atom is 0.307 e. The second-order valence-corrected chi connectivity index (χ2v) is 4.99. The van der Waals surface area contributed by atoms with Crippen molar-refractivity contribution in [1.29, 1.82) is 0 Å². The van der Waals surface area contributed by atoms with E-state index in [9.17, 15) is 4.79 Å². The molecule has 1 heterocycles. The number of carboxylic acids is 1. The van der Waals surface area contributed by atoms with Crippen LogP contribution in [0.1, 0.15) is 24.9 Å². The van der Waals surface area contributed by atoms with Crippen molar-refractivity contribution in [3.63, 3.8) is 0 Å². The van der Waals surface area contributed by atoms with Gasteiger partial charge in [0.1, 0.15) is 0 Å². The molecule has 2 atom stereocenters. The summed E-state index contributed by atoms with van der Waals surface area (Å²) in [5.41, 5.74) is 1.14. The highest BCUT2D eigenvalue weighted by Gasteiger charge is 2.30. The second-order valence-electron chi connectivity index (χ2n) is 4.55. The Morgan fingerprint density at radius 2 is 2.35 bits per heavy atom. The fourth-order valence-corrected chi connectivity index (χ4v) is 2.52. The first-order valence-corrected chi connectivity index (χ1v) is 6.18. The molecule has 0 saturated carbocycles. The number of carboxylic acid groups (broad SMARTS) is 1. The average molecular weight is 254 g/mol. The standard InChI is InChI=1S/C13H16ClNO2/c1-9(10-3-2-4-12(14)7-10)15-6-5-11(8-15)13(16)17/h2-4,7,9,11H,5-6,8H2,1H3,(H,16,17)/t9-,11-/m0/s1. The van der Waals surface area contributed by atoms with Gasteiger partial charge in [0, 0.05) is 17.6 Å². The number of halogens is 1. The largest absolute Gasteiger partial charge is 0.481 e. The maximum atomic E-state index is 10.9. The molecule has 0 amide bonds. The Hall–Kier alpha value is -1.06. The Morgan fingerprint density at radius 1 is 1.59 bits per heavy atom. The molecule has 0 spiro atoms. The summed E-state index contributed by atoms with van der Waals surface area (Å²) in [7, 11) is 0. The Morgan fingerprint density at radius 3 is 2.94 bits per heavy atom. The van der Waals surface area contributed by atoms with Crippen molar-refractivity contribution in [2.45, 2.75) is 19.4 Å². The molecule has 0 unspecified atom stereocenters. The van der Waals surface area contributed by atoms with Gasteiger partial charge in [0.05, 0.1) is 5.92 Å². The topological polar surface area (TPSA) is 40.5 Å². The van der Waals surface area contributed by atoms with Gasteiger partial charge in [-0.05, 0) is 37.6 Å². The van der Waals surface area contributed by atoms with Crippen LogP contribution in [0.3, 0.4) is 0 Å². The lowest BCUT2D eigenvalue weighted by molar-refractivity contribution is -0.141. The van der Waals surface area contributed by atoms with Gasteiger partial charge in [-0.1, -0.05) is 23.7 Å². The van der Waals surface area contributed by atoms with Gasteiger partial charge >= 0.3 is 5.97 Å². The molecule has 1 aliphatic heterocycles. The summed E-state index contributed by atoms with van der Waals surface area (Å²) in [5, 5.41) is 9.71. The van der Waals surface area contributed by atoms with Crippen molar-refractivity contribution >= 4 is 17.6 Å². The quantitative estimate of drug-likeness (QED) is 0.901. The van der Waals surface area contributed by atoms with E-state index in [1.165, 1.54) is 0 Å². The summed E-state index contributed by atoms with van der Waals surface area (Å²) in [6.07, 6.45) is 0.736. The number of benzene rings is 1. The highest BCUT2D eigenvalue weighted by molar-refractivity contribution is 6.30. The Bertz CT molecular complexity index is 422. The molecule has 0 radical (unpaired) electrons. The zero-order valence-electron chi connectivity index (χ0n) is 9.77. The molecular formula is C13H16ClNO2. The zero-order valence-corrected chi connectivity index (χ0v) is 10.5. The van der Waals surface area contributed by atoms with Crippen LogP contribution in [-0.4, -0.2) is 29.1 Å². The number of hydrogen-bond donors (Lipinski definition) is 1. The zero-order chi connectivity index (χ0) is 12.4. The highest BCUT2D eigenvalue weighted by Crippen LogP contribution is 2.28. The number of hydrogen-bond acceptors (Lipinski definition) is 2. The average Bonchev–Trinajstić information content (AvgIpc) is 2.77. The second kappa shape index (κ2) is 5.07. The van der Waals surface area contributed by atoms with Crippen LogP contribution in [0.4, 0.5) is 0 Å². The first kappa shape index (κ1) is 12.4. The summed E-state index contributed by atoms with van der Waals surface area (Å²) in [6.45, 7) is 3.56. The van der Waals surface area contributed by atoms with Crippen LogP contribution in [0.5, 0.6) is 0 Å². The summed E-state index contributed by atoms with van der Waals surface area (Å²) in [6, 6.07) is 7.98. The van der Waals surface area contributed by atoms with Crippen LogP contribution in [0.15, 0.2) is 24.3 Å². The maximum absolute atomic E-state index is 10.9. The van der Waals surface area contributed by atoms with Crippen LogP contribution in [0.25, 0.3) is 0 Å². The Labute approximate surface area is 106 Å². The fraction of sp³-hybridized carbons (Fsp3) is 0.462. The van der Waals surface area contributed by atoms with Crippen LogP contribution >= 0.6 is 11.6 Å². The molecule has 1 aromatic carbocycles. The monoisotopic (exact) mass is 253 g/mol. The van der Waals surface area contributed by atoms with Crippen molar-refractivity contribution in [1.82, 2.24) is 4.90 Å². The molecule has 0 aliphatic carbocycles. The van der Waals surface area contributed by atoms with Gasteiger partial charge in [-0.3, -0.25) is 9.69 Å². The number of likely N-dealkylation sites (tertiary alicyclic amines) is 1. The van der Waals surface area contributed by atoms with E-state index in [0.29, 0.717) is 6.54 Å². The summed E-state index contributed by atoms with van der Waals surface area (Å²) in [4.78, 5) is 13.1. The number of nitrogens with zero attached hydrogens (tertiary/aromatic N) is 1. The predicted octanol–water partition coefficient (Wildman–Crippen LogP) is 2.81. The number of aliphatic carboxylic acids is 1. The van der Waals surface area contributed by atoms with E-state index in [4.69, 9.17) is 16.7 Å². The first-order chi connectivity index (χ1) is 8.08. The fourth-order valence-electron chi connectivity index (χ4n) is 2.32. The SMILES string of the molecule is C[C@@H](c1cccc(Cl)c1)N1CC[C@H](C(=O)O)C1. The minimum atomic E-state index is -0.689. The minimum Gasteiger partial charge on any atom is -0.481 e. The third-order valence-electron chi connectivity index (χ3n) is 3.45. The molecule has 17 heavy (non-hydrogen) atoms. The normalized spacial score (nSPS) is 22.6. The molecule has 4 heteroatoms. The predicted molar refractivity (Wildman–Crippen MR) is 67.2 cm³/mol. The van der Waals surface area contributed by atoms with Gasteiger partial charge in [0.2, 0.25) is 0 Å². The molecule has 1 N–H and O–H groups in total. The van der Waals surface area contributed by atoms with Crippen LogP contribution in [0, 0.1) is 5.92 Å². The van der Waals surface area contributed by atoms with Crippen molar-refractivity contribution in [2.24, 2.45) is 5.92 Å². The number of rotatable bonds is 3. The van der Waals surface area contributed by atoms with E-state index in [2.05, 4.69) is 11.8 Å². The molecule has 1 saturated heterocycles. The molecular weight excluding hydrogens is 238 g/mol. The minimum absolute atomic E-state index is 0.220. The lowest BCUT2D eigenvalue weighted by atomic mass is 10.1. The Balaban J connectivity index is 2.06. The lowest BCUT2D eigenvalue weighted by Crippen LogP contribution is -2.26. The van der Waals surface area contributed by atoms with Crippen LogP contribution in [-0.2, 0) is 4.79 Å². The Kier molecular flexibility index (Phi) is 3.69. The van der Waals surface area contributed by atoms with E-state index in [-0.39, 0.29) is 12.0 Å². The summed E-state index contributed by atoms with van der Waals surface area (Å²) >= 11 is 5.96. The van der Waals surface area contributed by atoms with Crippen LogP contribution in [0.2, 0.25) is 5.02 Å². The smallest absolute Gasteiger partial charge is 0.307 e. The molecule has 3 nitrogen and oxygen atoms in total. The third kappa shape index (κ3) is 2.79. The van der Waals surface area contributed by atoms with Gasteiger partial charge in [-0.2, -0.15) is 0 Å². The highest BCUT2D eigenvalue weighted by atomic mass is 35.5. The molecule has 1 fully saturated rings. The summed E-state index contributed by atoms with van der Waals surface area (Å²) < 4.78 is 0. The van der Waals surface area contributed by atoms with Crippen molar-refractivity contribution in [2.75, 3.05) is 13.1 Å². The molecule has 1 aromatic rings. The van der Waals surface area contributed by atoms with Crippen molar-refractivity contribution in [3.05, 3.63) is 34.9 Å². The van der Waals surface area contributed by atoms with E-state index in [1.807, 2.05) is 24.3 Å². The van der Waals surface area contributed by atoms with E-state index in [0.717, 1.165) is 23.6 Å². The van der Waals surface area contributed by atoms with Gasteiger partial charge in [-0.25, -0.2) is 0 Å². The van der Waals surface area contributed by atoms with Gasteiger partial charge < -0.3 is 5.11 Å². The molecule has 2 rings (SSSR count). The van der Waals surface area contributed by atoms with Gasteiger partial charge in [-0.15, -0.1) is 0 Å². The van der Waals surface area contributed by atoms with Gasteiger partial charge in [0.15, 0.2) is 0 Å². The third-order valence-corrected chi connectivity index (χ3v) is 3.68. The summed E-state index contributed by atoms with van der Waals surface area (Å²) in [5.74, 6) is -0.914. The van der Waals surface area contributed by atoms with Crippen molar-refractivity contribution < 1.29 is 9.90 Å². The van der Waals surface area contributed by atoms with Crippen molar-refractivity contribution in [3.8, 4) is 0 Å². The van der Waals surface area contributed by atoms with E-state index in [1.54, 1.807) is 0 Å². The lowest BCUT2D eigenvalue weighted by Gasteiger charge is -2.24. The molecule has 92 valence electrons. The molecule has 1 aliphatic rings. The number of carbonyl (C=O) groups is 1. The van der Waals surface area contributed by atoms with Gasteiger partial charge in [0.25, 0.3) is 0 Å². The van der Waals surface area contributed by atoms with E-state index < -0.39 is 5.97 Å².